The van der Waals surface area contributed by atoms with E-state index in [1.807, 2.05) is 0 Å². The molecule has 1 aromatic heterocycles. The summed E-state index contributed by atoms with van der Waals surface area (Å²) in [5.74, 6) is -10.2. The summed E-state index contributed by atoms with van der Waals surface area (Å²) >= 11 is 0. The highest BCUT2D eigenvalue weighted by molar-refractivity contribution is 7.85. The largest absolute Gasteiger partial charge is 0.456 e. The topological polar surface area (TPSA) is 253 Å². The number of carbonyl (C=O) groups is 5. The van der Waals surface area contributed by atoms with Crippen molar-refractivity contribution in [3.63, 3.8) is 0 Å². The number of esters is 5. The molecule has 52 heavy (non-hydrogen) atoms. The number of rotatable bonds is 11. The Balaban J connectivity index is 1.70. The first kappa shape index (κ1) is 40.0. The van der Waals surface area contributed by atoms with Crippen molar-refractivity contribution in [2.24, 2.45) is 0 Å². The van der Waals surface area contributed by atoms with E-state index in [4.69, 9.17) is 47.0 Å². The van der Waals surface area contributed by atoms with Gasteiger partial charge >= 0.3 is 35.5 Å². The zero-order valence-electron chi connectivity index (χ0n) is 27.9. The molecule has 1 N–H and O–H groups in total. The van der Waals surface area contributed by atoms with E-state index in [0.29, 0.717) is 12.1 Å². The molecule has 22 heteroatoms. The van der Waals surface area contributed by atoms with Crippen LogP contribution in [-0.4, -0.2) is 105 Å². The number of carbonyl (C=O) groups excluding carboxylic acids is 5. The van der Waals surface area contributed by atoms with Gasteiger partial charge in [0.2, 0.25) is 18.2 Å². The van der Waals surface area contributed by atoms with Gasteiger partial charge in [-0.3, -0.25) is 28.5 Å². The van der Waals surface area contributed by atoms with Crippen LogP contribution in [0, 0.1) is 11.6 Å². The third-order valence-electron chi connectivity index (χ3n) is 7.14. The van der Waals surface area contributed by atoms with Gasteiger partial charge in [0.15, 0.2) is 47.9 Å². The highest BCUT2D eigenvalue weighted by atomic mass is 32.2. The predicted molar refractivity (Wildman–Crippen MR) is 160 cm³/mol. The standard InChI is InChI=1S/C30H32F2O19S/c1-11(33)44-19-8-42-29(27(47-14(4)36)25(19)45-12(2)34)49-20-9-43-30(28(48-15(5)37)26(20)46-13(3)35)51-24-18(31)7-17-16(10-52(39,40)41)6-21(38)50-23(17)22(24)32/h6-7,19-20,25-30H,8-10H2,1-5H3,(H,39,40,41)/t19-,20-,25-,26-,27?,28?,29+,30+/m1/s1. The van der Waals surface area contributed by atoms with Crippen molar-refractivity contribution in [2.45, 2.75) is 89.6 Å². The molecular formula is C30H32F2O19S. The first-order chi connectivity index (χ1) is 24.2. The van der Waals surface area contributed by atoms with E-state index in [1.165, 1.54) is 0 Å². The summed E-state index contributed by atoms with van der Waals surface area (Å²) < 4.78 is 117. The van der Waals surface area contributed by atoms with Gasteiger partial charge in [-0.2, -0.15) is 12.8 Å². The molecule has 0 aliphatic carbocycles. The molecule has 3 heterocycles. The van der Waals surface area contributed by atoms with Crippen LogP contribution in [0.5, 0.6) is 5.75 Å². The van der Waals surface area contributed by atoms with E-state index < -0.39 is 148 Å². The van der Waals surface area contributed by atoms with Crippen molar-refractivity contribution in [1.29, 1.82) is 0 Å². The minimum atomic E-state index is -4.77. The number of fused-ring (bicyclic) bond motifs is 1. The molecule has 2 aliphatic rings. The summed E-state index contributed by atoms with van der Waals surface area (Å²) in [5.41, 5.74) is -2.75. The maximum atomic E-state index is 15.7. The summed E-state index contributed by atoms with van der Waals surface area (Å²) in [6.07, 6.45) is -13.1. The Morgan fingerprint density at radius 2 is 1.23 bits per heavy atom. The molecule has 0 amide bonds. The van der Waals surface area contributed by atoms with E-state index in [1.54, 1.807) is 0 Å². The normalized spacial score (nSPS) is 26.2. The highest BCUT2D eigenvalue weighted by Gasteiger charge is 2.53. The maximum Gasteiger partial charge on any atom is 0.336 e. The molecule has 2 unspecified atom stereocenters. The monoisotopic (exact) mass is 766 g/mol. The molecule has 0 spiro atoms. The molecule has 2 aliphatic heterocycles. The zero-order chi connectivity index (χ0) is 38.7. The van der Waals surface area contributed by atoms with Crippen molar-refractivity contribution in [3.8, 4) is 5.75 Å². The average molecular weight is 767 g/mol. The fourth-order valence-corrected chi connectivity index (χ4v) is 6.05. The highest BCUT2D eigenvalue weighted by Crippen LogP contribution is 2.35. The lowest BCUT2D eigenvalue weighted by Crippen LogP contribution is -2.63. The summed E-state index contributed by atoms with van der Waals surface area (Å²) in [6, 6.07) is 1.15. The van der Waals surface area contributed by atoms with Gasteiger partial charge in [0.1, 0.15) is 11.9 Å². The van der Waals surface area contributed by atoms with Gasteiger partial charge in [-0.15, -0.1) is 0 Å². The molecule has 2 aromatic rings. The van der Waals surface area contributed by atoms with Gasteiger partial charge in [-0.25, -0.2) is 9.18 Å². The lowest BCUT2D eigenvalue weighted by atomic mass is 10.0. The summed E-state index contributed by atoms with van der Waals surface area (Å²) in [7, 11) is -4.77. The first-order valence-electron chi connectivity index (χ1n) is 15.0. The second kappa shape index (κ2) is 16.3. The second-order valence-corrected chi connectivity index (χ2v) is 12.8. The molecule has 8 atom stereocenters. The quantitative estimate of drug-likeness (QED) is 0.142. The number of halogens is 2. The molecule has 0 bridgehead atoms. The van der Waals surface area contributed by atoms with Crippen molar-refractivity contribution < 1.29 is 92.8 Å². The Kier molecular flexibility index (Phi) is 12.5. The first-order valence-corrected chi connectivity index (χ1v) is 16.7. The second-order valence-electron chi connectivity index (χ2n) is 11.3. The minimum absolute atomic E-state index is 0.465. The van der Waals surface area contributed by atoms with Crippen LogP contribution in [0.4, 0.5) is 8.78 Å². The lowest BCUT2D eigenvalue weighted by Gasteiger charge is -2.44. The van der Waals surface area contributed by atoms with Gasteiger partial charge in [-0.1, -0.05) is 0 Å². The zero-order valence-corrected chi connectivity index (χ0v) is 28.7. The van der Waals surface area contributed by atoms with Gasteiger partial charge in [0.25, 0.3) is 10.1 Å². The van der Waals surface area contributed by atoms with Crippen LogP contribution in [0.15, 0.2) is 21.3 Å². The van der Waals surface area contributed by atoms with Crippen LogP contribution in [0.2, 0.25) is 0 Å². The third kappa shape index (κ3) is 9.97. The van der Waals surface area contributed by atoms with Crippen LogP contribution in [0.3, 0.4) is 0 Å². The van der Waals surface area contributed by atoms with E-state index in [0.717, 1.165) is 34.6 Å². The van der Waals surface area contributed by atoms with Gasteiger partial charge in [-0.05, 0) is 11.6 Å². The number of benzene rings is 1. The molecule has 0 radical (unpaired) electrons. The summed E-state index contributed by atoms with van der Waals surface area (Å²) in [4.78, 5) is 72.3. The Hall–Kier alpha value is -4.77. The number of hydrogen-bond acceptors (Lipinski definition) is 18. The predicted octanol–water partition coefficient (Wildman–Crippen LogP) is 0.594. The van der Waals surface area contributed by atoms with Crippen LogP contribution in [0.25, 0.3) is 11.0 Å². The van der Waals surface area contributed by atoms with Crippen molar-refractivity contribution >= 4 is 50.9 Å². The van der Waals surface area contributed by atoms with Crippen LogP contribution in [0.1, 0.15) is 40.2 Å². The summed E-state index contributed by atoms with van der Waals surface area (Å²) in [6.45, 7) is 3.85. The fraction of sp³-hybridized carbons (Fsp3) is 0.533. The maximum absolute atomic E-state index is 15.7. The van der Waals surface area contributed by atoms with E-state index >= 15 is 8.78 Å². The molecule has 19 nitrogen and oxygen atoms in total. The number of hydrogen-bond donors (Lipinski definition) is 1. The molecule has 1 aromatic carbocycles. The lowest BCUT2D eigenvalue weighted by molar-refractivity contribution is -0.325. The number of ether oxygens (including phenoxy) is 9. The van der Waals surface area contributed by atoms with Gasteiger partial charge in [0, 0.05) is 46.1 Å². The SMILES string of the molecule is CC(=O)OC1[C@H](O[C@@H]2CO[C@@H](Oc3c(F)cc4c(CS(=O)(=O)O)cc(=O)oc4c3F)C(OC(C)=O)[C@@H]2OC(C)=O)OC[C@@H](OC(C)=O)[C@H]1OC(C)=O. The molecule has 4 rings (SSSR count). The van der Waals surface area contributed by atoms with E-state index in [2.05, 4.69) is 0 Å². The molecule has 286 valence electrons. The Labute approximate surface area is 292 Å². The smallest absolute Gasteiger partial charge is 0.336 e. The molecular weight excluding hydrogens is 734 g/mol. The minimum Gasteiger partial charge on any atom is -0.456 e. The Morgan fingerprint density at radius 3 is 1.77 bits per heavy atom. The fourth-order valence-electron chi connectivity index (χ4n) is 5.42. The molecule has 2 fully saturated rings. The van der Waals surface area contributed by atoms with Crippen LogP contribution in [-0.2, 0) is 77.7 Å². The van der Waals surface area contributed by atoms with Gasteiger partial charge in [0.05, 0.1) is 13.2 Å². The van der Waals surface area contributed by atoms with E-state index in [9.17, 15) is 41.7 Å². The van der Waals surface area contributed by atoms with Crippen molar-refractivity contribution in [2.75, 3.05) is 13.2 Å². The summed E-state index contributed by atoms with van der Waals surface area (Å²) in [5, 5.41) is -0.551. The Bertz CT molecular complexity index is 1890. The Morgan fingerprint density at radius 1 is 0.750 bits per heavy atom. The van der Waals surface area contributed by atoms with Crippen LogP contribution >= 0.6 is 0 Å². The van der Waals surface area contributed by atoms with Crippen molar-refractivity contribution in [3.05, 3.63) is 39.8 Å². The van der Waals surface area contributed by atoms with E-state index in [-0.39, 0.29) is 0 Å². The third-order valence-corrected chi connectivity index (χ3v) is 7.82. The molecule has 2 saturated heterocycles. The molecule has 0 saturated carbocycles. The van der Waals surface area contributed by atoms with Gasteiger partial charge < -0.3 is 47.0 Å². The van der Waals surface area contributed by atoms with Crippen molar-refractivity contribution in [1.82, 2.24) is 0 Å². The van der Waals surface area contributed by atoms with Crippen LogP contribution < -0.4 is 10.4 Å². The average Bonchev–Trinajstić information content (AvgIpc) is 2.99.